The predicted octanol–water partition coefficient (Wildman–Crippen LogP) is 6.63. The van der Waals surface area contributed by atoms with E-state index in [1.807, 2.05) is 30.5 Å². The van der Waals surface area contributed by atoms with Gasteiger partial charge < -0.3 is 9.30 Å². The number of ether oxygens (including phenoxy) is 1. The fraction of sp³-hybridized carbons (Fsp3) is 0.172. The van der Waals surface area contributed by atoms with Gasteiger partial charge in [0, 0.05) is 33.6 Å². The maximum atomic E-state index is 13.9. The highest BCUT2D eigenvalue weighted by atomic mass is 35.5. The Morgan fingerprint density at radius 3 is 2.50 bits per heavy atom. The first-order valence-corrected chi connectivity index (χ1v) is 15.4. The van der Waals surface area contributed by atoms with Crippen molar-refractivity contribution in [1.29, 1.82) is 0 Å². The monoisotopic (exact) mass is 677 g/mol. The molecule has 1 amide bonds. The molecule has 0 aliphatic heterocycles. The number of rotatable bonds is 10. The highest BCUT2D eigenvalue weighted by Gasteiger charge is 2.31. The number of nitro groups is 1. The molecule has 0 aliphatic carbocycles. The fourth-order valence-electron chi connectivity index (χ4n) is 4.52. The van der Waals surface area contributed by atoms with E-state index in [1.165, 1.54) is 50.6 Å². The number of sulfonamides is 1. The van der Waals surface area contributed by atoms with Crippen molar-refractivity contribution >= 4 is 68.3 Å². The standard InChI is InChI=1S/C29H26Cl3N5O6S/c1-17-8-10-22(14-25(17)37(39)40)44(41,42)35(26-13-21(30)9-11-27(26)43-4)16-28(38)34-33-15-20-12-18(2)36(19(20)3)24-7-5-6-23(31)29(24)32/h5-15H,16H2,1-4H3,(H,34,38)/b33-15-. The van der Waals surface area contributed by atoms with E-state index in [0.29, 0.717) is 21.3 Å². The van der Waals surface area contributed by atoms with Crippen molar-refractivity contribution < 1.29 is 22.9 Å². The number of anilines is 1. The number of carbonyl (C=O) groups excluding carboxylic acids is 1. The van der Waals surface area contributed by atoms with E-state index in [1.54, 1.807) is 12.1 Å². The minimum absolute atomic E-state index is 0.0516. The van der Waals surface area contributed by atoms with Gasteiger partial charge in [0.05, 0.1) is 44.6 Å². The highest BCUT2D eigenvalue weighted by molar-refractivity contribution is 7.92. The Bertz CT molecular complexity index is 1910. The summed E-state index contributed by atoms with van der Waals surface area (Å²) in [6.45, 7) is 4.44. The topological polar surface area (TPSA) is 136 Å². The molecule has 0 atom stereocenters. The smallest absolute Gasteiger partial charge is 0.273 e. The van der Waals surface area contributed by atoms with Gasteiger partial charge in [-0.2, -0.15) is 5.10 Å². The number of amides is 1. The number of methoxy groups -OCH3 is 1. The lowest BCUT2D eigenvalue weighted by atomic mass is 10.2. The third-order valence-electron chi connectivity index (χ3n) is 6.70. The third kappa shape index (κ3) is 6.68. The van der Waals surface area contributed by atoms with E-state index in [4.69, 9.17) is 39.5 Å². The van der Waals surface area contributed by atoms with E-state index in [-0.39, 0.29) is 22.0 Å². The van der Waals surface area contributed by atoms with Gasteiger partial charge in [-0.25, -0.2) is 13.8 Å². The maximum Gasteiger partial charge on any atom is 0.273 e. The summed E-state index contributed by atoms with van der Waals surface area (Å²) in [7, 11) is -3.22. The number of aromatic nitrogens is 1. The molecule has 0 saturated heterocycles. The molecule has 0 fully saturated rings. The average molecular weight is 679 g/mol. The van der Waals surface area contributed by atoms with Gasteiger partial charge in [-0.05, 0) is 63.2 Å². The Kier molecular flexibility index (Phi) is 9.89. The zero-order chi connectivity index (χ0) is 32.3. The number of halogens is 3. The molecule has 0 bridgehead atoms. The summed E-state index contributed by atoms with van der Waals surface area (Å²) in [5, 5.41) is 16.5. The van der Waals surface area contributed by atoms with Crippen LogP contribution in [0.15, 0.2) is 70.7 Å². The number of nitrogens with zero attached hydrogens (tertiary/aromatic N) is 4. The number of hydrogen-bond acceptors (Lipinski definition) is 7. The summed E-state index contributed by atoms with van der Waals surface area (Å²) in [6.07, 6.45) is 1.41. The van der Waals surface area contributed by atoms with E-state index >= 15 is 0 Å². The Balaban J connectivity index is 1.66. The van der Waals surface area contributed by atoms with Gasteiger partial charge in [0.2, 0.25) is 0 Å². The Morgan fingerprint density at radius 1 is 1.09 bits per heavy atom. The van der Waals surface area contributed by atoms with Crippen molar-refractivity contribution in [3.05, 3.63) is 108 Å². The molecule has 1 N–H and O–H groups in total. The van der Waals surface area contributed by atoms with Gasteiger partial charge in [0.1, 0.15) is 12.3 Å². The lowest BCUT2D eigenvalue weighted by Crippen LogP contribution is -2.39. The maximum absolute atomic E-state index is 13.9. The normalized spacial score (nSPS) is 11.5. The van der Waals surface area contributed by atoms with Gasteiger partial charge in [-0.3, -0.25) is 19.2 Å². The van der Waals surface area contributed by atoms with Crippen molar-refractivity contribution in [3.63, 3.8) is 0 Å². The summed E-state index contributed by atoms with van der Waals surface area (Å²) in [5.41, 5.74) is 5.09. The number of nitrogens with one attached hydrogen (secondary N) is 1. The number of benzene rings is 3. The van der Waals surface area contributed by atoms with Crippen LogP contribution in [0, 0.1) is 30.9 Å². The second-order valence-electron chi connectivity index (χ2n) is 9.56. The van der Waals surface area contributed by atoms with E-state index in [0.717, 1.165) is 21.8 Å². The van der Waals surface area contributed by atoms with Crippen molar-refractivity contribution in [2.24, 2.45) is 5.10 Å². The van der Waals surface area contributed by atoms with Crippen LogP contribution in [0.4, 0.5) is 11.4 Å². The van der Waals surface area contributed by atoms with E-state index < -0.39 is 38.0 Å². The van der Waals surface area contributed by atoms with Crippen LogP contribution >= 0.6 is 34.8 Å². The summed E-state index contributed by atoms with van der Waals surface area (Å²) in [6, 6.07) is 14.8. The van der Waals surface area contributed by atoms with Crippen molar-refractivity contribution in [2.45, 2.75) is 25.7 Å². The third-order valence-corrected chi connectivity index (χ3v) is 9.50. The molecule has 11 nitrogen and oxygen atoms in total. The molecule has 0 aliphatic rings. The van der Waals surface area contributed by atoms with Crippen molar-refractivity contribution in [3.8, 4) is 11.4 Å². The highest BCUT2D eigenvalue weighted by Crippen LogP contribution is 2.36. The predicted molar refractivity (Wildman–Crippen MR) is 171 cm³/mol. The molecule has 1 heterocycles. The molecule has 15 heteroatoms. The molecule has 44 heavy (non-hydrogen) atoms. The molecular formula is C29H26Cl3N5O6S. The largest absolute Gasteiger partial charge is 0.495 e. The fourth-order valence-corrected chi connectivity index (χ4v) is 6.52. The first kappa shape index (κ1) is 32.8. The number of aryl methyl sites for hydroxylation is 2. The van der Waals surface area contributed by atoms with Crippen LogP contribution in [0.3, 0.4) is 0 Å². The van der Waals surface area contributed by atoms with Crippen molar-refractivity contribution in [1.82, 2.24) is 9.99 Å². The molecule has 1 aromatic heterocycles. The van der Waals surface area contributed by atoms with E-state index in [9.17, 15) is 23.3 Å². The Morgan fingerprint density at radius 2 is 1.82 bits per heavy atom. The quantitative estimate of drug-likeness (QED) is 0.114. The summed E-state index contributed by atoms with van der Waals surface area (Å²) in [5.74, 6) is -0.705. The second-order valence-corrected chi connectivity index (χ2v) is 12.6. The van der Waals surface area contributed by atoms with Gasteiger partial charge in [0.25, 0.3) is 21.6 Å². The van der Waals surface area contributed by atoms with Crippen LogP contribution in [0.25, 0.3) is 5.69 Å². The number of nitro benzene ring substituents is 1. The second kappa shape index (κ2) is 13.3. The van der Waals surface area contributed by atoms with Crippen LogP contribution in [-0.4, -0.2) is 43.7 Å². The zero-order valence-corrected chi connectivity index (χ0v) is 26.9. The van der Waals surface area contributed by atoms with Gasteiger partial charge in [-0.1, -0.05) is 46.9 Å². The lowest BCUT2D eigenvalue weighted by molar-refractivity contribution is -0.385. The van der Waals surface area contributed by atoms with Crippen LogP contribution < -0.4 is 14.5 Å². The van der Waals surface area contributed by atoms with Gasteiger partial charge >= 0.3 is 0 Å². The van der Waals surface area contributed by atoms with E-state index in [2.05, 4.69) is 10.5 Å². The van der Waals surface area contributed by atoms with Gasteiger partial charge in [-0.15, -0.1) is 0 Å². The average Bonchev–Trinajstić information content (AvgIpc) is 3.25. The van der Waals surface area contributed by atoms with Gasteiger partial charge in [0.15, 0.2) is 0 Å². The molecular weight excluding hydrogens is 653 g/mol. The van der Waals surface area contributed by atoms with Crippen LogP contribution in [-0.2, 0) is 14.8 Å². The van der Waals surface area contributed by atoms with Crippen LogP contribution in [0.2, 0.25) is 15.1 Å². The SMILES string of the molecule is COc1ccc(Cl)cc1N(CC(=O)N/N=C\c1cc(C)n(-c2cccc(Cl)c2Cl)c1C)S(=O)(=O)c1ccc(C)c([N+](=O)[O-])c1. The molecule has 0 unspecified atom stereocenters. The Hall–Kier alpha value is -4.10. The summed E-state index contributed by atoms with van der Waals surface area (Å²) in [4.78, 5) is 23.6. The number of hydrogen-bond donors (Lipinski definition) is 1. The first-order valence-electron chi connectivity index (χ1n) is 12.8. The molecule has 4 rings (SSSR count). The van der Waals surface area contributed by atoms with Crippen LogP contribution in [0.5, 0.6) is 5.75 Å². The Labute approximate surface area is 268 Å². The first-order chi connectivity index (χ1) is 20.8. The zero-order valence-electron chi connectivity index (χ0n) is 23.8. The minimum Gasteiger partial charge on any atom is -0.495 e. The molecule has 0 saturated carbocycles. The van der Waals surface area contributed by atoms with Crippen LogP contribution in [0.1, 0.15) is 22.5 Å². The lowest BCUT2D eigenvalue weighted by Gasteiger charge is -2.25. The molecule has 4 aromatic rings. The molecule has 230 valence electrons. The summed E-state index contributed by atoms with van der Waals surface area (Å²) < 4.78 is 35.7. The minimum atomic E-state index is -4.54. The molecule has 0 spiro atoms. The number of hydrazone groups is 1. The van der Waals surface area contributed by atoms with Crippen molar-refractivity contribution in [2.75, 3.05) is 18.0 Å². The molecule has 3 aromatic carbocycles. The molecule has 0 radical (unpaired) electrons. The number of carbonyl (C=O) groups is 1. The summed E-state index contributed by atoms with van der Waals surface area (Å²) >= 11 is 18.8.